The second-order valence-electron chi connectivity index (χ2n) is 6.57. The van der Waals surface area contributed by atoms with Gasteiger partial charge in [0, 0.05) is 36.6 Å². The lowest BCUT2D eigenvalue weighted by atomic mass is 10.2. The molecular weight excluding hydrogens is 393 g/mol. The molecular formula is C22H25ClFN3O2. The fourth-order valence-corrected chi connectivity index (χ4v) is 3.08. The molecule has 0 aliphatic carbocycles. The van der Waals surface area contributed by atoms with Crippen LogP contribution in [0, 0.1) is 5.82 Å². The SMILES string of the molecule is CCOc1cc(CNCCCn2ccnc2)c(Cl)cc1OCc1ccc(F)cc1. The number of imidazole rings is 1. The van der Waals surface area contributed by atoms with E-state index in [2.05, 4.69) is 14.9 Å². The summed E-state index contributed by atoms with van der Waals surface area (Å²) in [5.41, 5.74) is 1.82. The summed E-state index contributed by atoms with van der Waals surface area (Å²) in [7, 11) is 0. The van der Waals surface area contributed by atoms with E-state index in [9.17, 15) is 4.39 Å². The summed E-state index contributed by atoms with van der Waals surface area (Å²) in [5, 5.41) is 4.02. The molecule has 3 rings (SSSR count). The number of nitrogens with one attached hydrogen (secondary N) is 1. The molecule has 0 saturated heterocycles. The minimum absolute atomic E-state index is 0.270. The predicted molar refractivity (Wildman–Crippen MR) is 112 cm³/mol. The Kier molecular flexibility index (Phi) is 7.90. The van der Waals surface area contributed by atoms with Crippen molar-refractivity contribution in [3.05, 3.63) is 77.1 Å². The zero-order valence-corrected chi connectivity index (χ0v) is 17.2. The van der Waals surface area contributed by atoms with Crippen molar-refractivity contribution in [1.29, 1.82) is 0 Å². The molecule has 1 aromatic heterocycles. The van der Waals surface area contributed by atoms with Crippen LogP contribution in [0.1, 0.15) is 24.5 Å². The quantitative estimate of drug-likeness (QED) is 0.454. The van der Waals surface area contributed by atoms with Crippen molar-refractivity contribution in [3.8, 4) is 11.5 Å². The minimum Gasteiger partial charge on any atom is -0.490 e. The molecule has 5 nitrogen and oxygen atoms in total. The maximum Gasteiger partial charge on any atom is 0.163 e. The summed E-state index contributed by atoms with van der Waals surface area (Å²) in [6.45, 7) is 5.17. The lowest BCUT2D eigenvalue weighted by Crippen LogP contribution is -2.16. The van der Waals surface area contributed by atoms with E-state index in [0.29, 0.717) is 36.3 Å². The Morgan fingerprint density at radius 1 is 1.14 bits per heavy atom. The smallest absolute Gasteiger partial charge is 0.163 e. The van der Waals surface area contributed by atoms with Gasteiger partial charge in [-0.3, -0.25) is 0 Å². The third kappa shape index (κ3) is 6.48. The number of nitrogens with zero attached hydrogens (tertiary/aromatic N) is 2. The number of halogens is 2. The van der Waals surface area contributed by atoms with Crippen molar-refractivity contribution >= 4 is 11.6 Å². The van der Waals surface area contributed by atoms with E-state index in [1.807, 2.05) is 25.5 Å². The lowest BCUT2D eigenvalue weighted by Gasteiger charge is -2.15. The molecule has 0 atom stereocenters. The molecule has 0 unspecified atom stereocenters. The van der Waals surface area contributed by atoms with E-state index in [4.69, 9.17) is 21.1 Å². The highest BCUT2D eigenvalue weighted by atomic mass is 35.5. The molecule has 0 amide bonds. The van der Waals surface area contributed by atoms with Gasteiger partial charge < -0.3 is 19.4 Å². The molecule has 7 heteroatoms. The van der Waals surface area contributed by atoms with Gasteiger partial charge in [0.15, 0.2) is 11.5 Å². The first-order valence-corrected chi connectivity index (χ1v) is 10.0. The summed E-state index contributed by atoms with van der Waals surface area (Å²) in [4.78, 5) is 4.04. The molecule has 154 valence electrons. The van der Waals surface area contributed by atoms with E-state index in [0.717, 1.165) is 30.6 Å². The predicted octanol–water partition coefficient (Wildman–Crippen LogP) is 4.83. The molecule has 0 bridgehead atoms. The van der Waals surface area contributed by atoms with E-state index in [-0.39, 0.29) is 5.82 Å². The number of benzene rings is 2. The zero-order chi connectivity index (χ0) is 20.5. The van der Waals surface area contributed by atoms with Crippen LogP contribution in [0.15, 0.2) is 55.1 Å². The summed E-state index contributed by atoms with van der Waals surface area (Å²) >= 11 is 6.46. The number of hydrogen-bond donors (Lipinski definition) is 1. The van der Waals surface area contributed by atoms with Gasteiger partial charge in [-0.05, 0) is 49.2 Å². The Balaban J connectivity index is 1.56. The molecule has 0 radical (unpaired) electrons. The number of rotatable bonds is 11. The van der Waals surface area contributed by atoms with Crippen LogP contribution in [0.3, 0.4) is 0 Å². The Morgan fingerprint density at radius 3 is 2.66 bits per heavy atom. The molecule has 2 aromatic carbocycles. The first kappa shape index (κ1) is 21.1. The van der Waals surface area contributed by atoms with Crippen LogP contribution in [0.5, 0.6) is 11.5 Å². The zero-order valence-electron chi connectivity index (χ0n) is 16.4. The average Bonchev–Trinajstić information content (AvgIpc) is 3.23. The molecule has 1 heterocycles. The largest absolute Gasteiger partial charge is 0.490 e. The van der Waals surface area contributed by atoms with Gasteiger partial charge >= 0.3 is 0 Å². The van der Waals surface area contributed by atoms with Crippen LogP contribution in [0.4, 0.5) is 4.39 Å². The van der Waals surface area contributed by atoms with Gasteiger partial charge in [-0.15, -0.1) is 0 Å². The van der Waals surface area contributed by atoms with Crippen molar-refractivity contribution in [3.63, 3.8) is 0 Å². The maximum absolute atomic E-state index is 13.0. The molecule has 0 fully saturated rings. The van der Waals surface area contributed by atoms with Crippen molar-refractivity contribution in [2.45, 2.75) is 33.0 Å². The first-order chi connectivity index (χ1) is 14.2. The fourth-order valence-electron chi connectivity index (χ4n) is 2.86. The molecule has 0 aliphatic rings. The third-order valence-corrected chi connectivity index (χ3v) is 4.72. The molecule has 0 aliphatic heterocycles. The Morgan fingerprint density at radius 2 is 1.93 bits per heavy atom. The van der Waals surface area contributed by atoms with E-state index >= 15 is 0 Å². The number of hydrogen-bond acceptors (Lipinski definition) is 4. The summed E-state index contributed by atoms with van der Waals surface area (Å²) in [6, 6.07) is 9.90. The van der Waals surface area contributed by atoms with Crippen LogP contribution in [-0.2, 0) is 19.7 Å². The Hall–Kier alpha value is -2.57. The van der Waals surface area contributed by atoms with Crippen LogP contribution >= 0.6 is 11.6 Å². The lowest BCUT2D eigenvalue weighted by molar-refractivity contribution is 0.269. The summed E-state index contributed by atoms with van der Waals surface area (Å²) in [6.07, 6.45) is 6.54. The van der Waals surface area contributed by atoms with Crippen LogP contribution in [-0.4, -0.2) is 22.7 Å². The van der Waals surface area contributed by atoms with Crippen molar-refractivity contribution in [2.24, 2.45) is 0 Å². The van der Waals surface area contributed by atoms with Crippen molar-refractivity contribution < 1.29 is 13.9 Å². The fraction of sp³-hybridized carbons (Fsp3) is 0.318. The van der Waals surface area contributed by atoms with Crippen LogP contribution in [0.2, 0.25) is 5.02 Å². The summed E-state index contributed by atoms with van der Waals surface area (Å²) in [5.74, 6) is 0.952. The van der Waals surface area contributed by atoms with Gasteiger partial charge in [0.25, 0.3) is 0 Å². The minimum atomic E-state index is -0.270. The van der Waals surface area contributed by atoms with E-state index in [1.165, 1.54) is 12.1 Å². The molecule has 1 N–H and O–H groups in total. The van der Waals surface area contributed by atoms with E-state index in [1.54, 1.807) is 24.4 Å². The molecule has 29 heavy (non-hydrogen) atoms. The number of aryl methyl sites for hydroxylation is 1. The topological polar surface area (TPSA) is 48.3 Å². The second-order valence-corrected chi connectivity index (χ2v) is 6.98. The van der Waals surface area contributed by atoms with Crippen molar-refractivity contribution in [1.82, 2.24) is 14.9 Å². The van der Waals surface area contributed by atoms with Crippen molar-refractivity contribution in [2.75, 3.05) is 13.2 Å². The third-order valence-electron chi connectivity index (χ3n) is 4.36. The Bertz CT molecular complexity index is 886. The molecule has 3 aromatic rings. The maximum atomic E-state index is 13.0. The van der Waals surface area contributed by atoms with Gasteiger partial charge in [0.1, 0.15) is 12.4 Å². The Labute approximate surface area is 175 Å². The highest BCUT2D eigenvalue weighted by molar-refractivity contribution is 6.31. The van der Waals surface area contributed by atoms with Crippen LogP contribution < -0.4 is 14.8 Å². The van der Waals surface area contributed by atoms with Crippen LogP contribution in [0.25, 0.3) is 0 Å². The average molecular weight is 418 g/mol. The van der Waals surface area contributed by atoms with Gasteiger partial charge in [-0.1, -0.05) is 23.7 Å². The van der Waals surface area contributed by atoms with E-state index < -0.39 is 0 Å². The van der Waals surface area contributed by atoms with Gasteiger partial charge in [-0.2, -0.15) is 0 Å². The monoisotopic (exact) mass is 417 g/mol. The van der Waals surface area contributed by atoms with Gasteiger partial charge in [0.2, 0.25) is 0 Å². The standard InChI is InChI=1S/C22H25ClFN3O2/c1-2-28-21-12-18(14-25-8-3-10-27-11-9-26-16-27)20(23)13-22(21)29-15-17-4-6-19(24)7-5-17/h4-7,9,11-13,16,25H,2-3,8,10,14-15H2,1H3. The normalized spacial score (nSPS) is 10.9. The summed E-state index contributed by atoms with van der Waals surface area (Å²) < 4.78 is 26.7. The molecule has 0 saturated carbocycles. The number of aromatic nitrogens is 2. The highest BCUT2D eigenvalue weighted by Crippen LogP contribution is 2.34. The second kappa shape index (κ2) is 10.8. The number of ether oxygens (including phenoxy) is 2. The van der Waals surface area contributed by atoms with Gasteiger partial charge in [0.05, 0.1) is 12.9 Å². The van der Waals surface area contributed by atoms with Gasteiger partial charge in [-0.25, -0.2) is 9.37 Å². The highest BCUT2D eigenvalue weighted by Gasteiger charge is 2.11. The first-order valence-electron chi connectivity index (χ1n) is 9.64. The molecule has 0 spiro atoms.